The molecule has 1 aliphatic rings. The van der Waals surface area contributed by atoms with E-state index in [0.717, 1.165) is 36.0 Å². The van der Waals surface area contributed by atoms with E-state index in [1.54, 1.807) is 4.31 Å². The Morgan fingerprint density at radius 2 is 1.52 bits per heavy atom. The number of aryl methyl sites for hydroxylation is 3. The van der Waals surface area contributed by atoms with E-state index in [0.29, 0.717) is 23.9 Å². The minimum absolute atomic E-state index is 0.500. The number of sulfonamides is 1. The van der Waals surface area contributed by atoms with Gasteiger partial charge in [-0.15, -0.1) is 0 Å². The number of rotatable bonds is 4. The van der Waals surface area contributed by atoms with Gasteiger partial charge < -0.3 is 0 Å². The standard InChI is InChI=1S/C21H27NO2S/c1-16-13-17(2)21(18(3)14-16)25(23,24)22-11-9-20(10-12-22)15-19-7-5-4-6-8-19/h4-8,13-14,20H,9-12,15H2,1-3H3. The molecular formula is C21H27NO2S. The van der Waals surface area contributed by atoms with Crippen LogP contribution in [0.1, 0.15) is 35.1 Å². The normalized spacial score (nSPS) is 16.9. The van der Waals surface area contributed by atoms with Gasteiger partial charge >= 0.3 is 0 Å². The molecule has 2 aromatic rings. The van der Waals surface area contributed by atoms with Gasteiger partial charge in [-0.25, -0.2) is 8.42 Å². The van der Waals surface area contributed by atoms with Crippen LogP contribution in [-0.2, 0) is 16.4 Å². The zero-order valence-electron chi connectivity index (χ0n) is 15.3. The van der Waals surface area contributed by atoms with Crippen molar-refractivity contribution in [2.24, 2.45) is 5.92 Å². The molecule has 4 heteroatoms. The third kappa shape index (κ3) is 3.96. The van der Waals surface area contributed by atoms with Crippen LogP contribution in [0.5, 0.6) is 0 Å². The third-order valence-electron chi connectivity index (χ3n) is 5.14. The summed E-state index contributed by atoms with van der Waals surface area (Å²) < 4.78 is 27.9. The third-order valence-corrected chi connectivity index (χ3v) is 7.35. The molecule has 3 rings (SSSR count). The van der Waals surface area contributed by atoms with Crippen LogP contribution >= 0.6 is 0 Å². The first-order valence-corrected chi connectivity index (χ1v) is 10.4. The molecule has 0 unspecified atom stereocenters. The van der Waals surface area contributed by atoms with Gasteiger partial charge in [-0.05, 0) is 62.6 Å². The van der Waals surface area contributed by atoms with Crippen molar-refractivity contribution in [3.8, 4) is 0 Å². The van der Waals surface area contributed by atoms with E-state index in [-0.39, 0.29) is 0 Å². The van der Waals surface area contributed by atoms with Crippen LogP contribution in [0.3, 0.4) is 0 Å². The highest BCUT2D eigenvalue weighted by Gasteiger charge is 2.31. The van der Waals surface area contributed by atoms with Crippen LogP contribution in [0, 0.1) is 26.7 Å². The molecule has 2 aromatic carbocycles. The number of nitrogens with zero attached hydrogens (tertiary/aromatic N) is 1. The second-order valence-electron chi connectivity index (χ2n) is 7.27. The molecule has 134 valence electrons. The second-order valence-corrected chi connectivity index (χ2v) is 9.14. The fraction of sp³-hybridized carbons (Fsp3) is 0.429. The van der Waals surface area contributed by atoms with Crippen molar-refractivity contribution in [2.45, 2.75) is 44.9 Å². The van der Waals surface area contributed by atoms with Crippen molar-refractivity contribution in [1.82, 2.24) is 4.31 Å². The first-order valence-electron chi connectivity index (χ1n) is 9.00. The maximum Gasteiger partial charge on any atom is 0.243 e. The molecule has 0 spiro atoms. The minimum atomic E-state index is -3.40. The predicted octanol–water partition coefficient (Wildman–Crippen LogP) is 4.26. The molecule has 25 heavy (non-hydrogen) atoms. The average molecular weight is 358 g/mol. The van der Waals surface area contributed by atoms with Gasteiger partial charge in [0.15, 0.2) is 0 Å². The molecule has 0 N–H and O–H groups in total. The highest BCUT2D eigenvalue weighted by Crippen LogP contribution is 2.29. The predicted molar refractivity (Wildman–Crippen MR) is 102 cm³/mol. The lowest BCUT2D eigenvalue weighted by molar-refractivity contribution is 0.272. The Balaban J connectivity index is 1.72. The average Bonchev–Trinajstić information content (AvgIpc) is 2.55. The largest absolute Gasteiger partial charge is 0.243 e. The van der Waals surface area contributed by atoms with E-state index in [9.17, 15) is 8.42 Å². The Kier molecular flexibility index (Phi) is 5.30. The smallest absolute Gasteiger partial charge is 0.207 e. The second kappa shape index (κ2) is 7.30. The maximum atomic E-state index is 13.1. The van der Waals surface area contributed by atoms with Gasteiger partial charge in [-0.3, -0.25) is 0 Å². The van der Waals surface area contributed by atoms with Crippen molar-refractivity contribution >= 4 is 10.0 Å². The first-order chi connectivity index (χ1) is 11.9. The zero-order valence-corrected chi connectivity index (χ0v) is 16.1. The first kappa shape index (κ1) is 18.2. The lowest BCUT2D eigenvalue weighted by atomic mass is 9.91. The quantitative estimate of drug-likeness (QED) is 0.820. The monoisotopic (exact) mass is 357 g/mol. The molecule has 1 aliphatic heterocycles. The summed E-state index contributed by atoms with van der Waals surface area (Å²) in [6.07, 6.45) is 2.90. The highest BCUT2D eigenvalue weighted by atomic mass is 32.2. The van der Waals surface area contributed by atoms with Crippen molar-refractivity contribution in [2.75, 3.05) is 13.1 Å². The Bertz CT molecular complexity index is 812. The molecule has 0 bridgehead atoms. The molecule has 1 fully saturated rings. The highest BCUT2D eigenvalue weighted by molar-refractivity contribution is 7.89. The van der Waals surface area contributed by atoms with Crippen molar-refractivity contribution in [1.29, 1.82) is 0 Å². The molecule has 0 aliphatic carbocycles. The fourth-order valence-electron chi connectivity index (χ4n) is 4.00. The fourth-order valence-corrected chi connectivity index (χ4v) is 5.89. The van der Waals surface area contributed by atoms with E-state index in [2.05, 4.69) is 24.3 Å². The van der Waals surface area contributed by atoms with E-state index in [1.165, 1.54) is 5.56 Å². The van der Waals surface area contributed by atoms with Gasteiger partial charge in [-0.1, -0.05) is 48.0 Å². The Morgan fingerprint density at radius 1 is 0.960 bits per heavy atom. The topological polar surface area (TPSA) is 37.4 Å². The molecule has 0 amide bonds. The zero-order chi connectivity index (χ0) is 18.0. The Morgan fingerprint density at radius 3 is 2.08 bits per heavy atom. The van der Waals surface area contributed by atoms with Crippen LogP contribution in [-0.4, -0.2) is 25.8 Å². The summed E-state index contributed by atoms with van der Waals surface area (Å²) in [6, 6.07) is 14.4. The Hall–Kier alpha value is -1.65. The number of piperidine rings is 1. The van der Waals surface area contributed by atoms with Crippen LogP contribution in [0.15, 0.2) is 47.4 Å². The molecule has 1 heterocycles. The summed E-state index contributed by atoms with van der Waals surface area (Å²) in [5.41, 5.74) is 4.15. The molecule has 3 nitrogen and oxygen atoms in total. The summed E-state index contributed by atoms with van der Waals surface area (Å²) in [5.74, 6) is 0.564. The van der Waals surface area contributed by atoms with Gasteiger partial charge in [0.05, 0.1) is 4.90 Å². The molecule has 1 saturated heterocycles. The van der Waals surface area contributed by atoms with Gasteiger partial charge in [-0.2, -0.15) is 4.31 Å². The minimum Gasteiger partial charge on any atom is -0.207 e. The van der Waals surface area contributed by atoms with Crippen molar-refractivity contribution < 1.29 is 8.42 Å². The van der Waals surface area contributed by atoms with Crippen LogP contribution in [0.25, 0.3) is 0 Å². The lowest BCUT2D eigenvalue weighted by Crippen LogP contribution is -2.39. The van der Waals surface area contributed by atoms with E-state index < -0.39 is 10.0 Å². The molecule has 0 saturated carbocycles. The van der Waals surface area contributed by atoms with Gasteiger partial charge in [0.2, 0.25) is 10.0 Å². The van der Waals surface area contributed by atoms with Crippen LogP contribution < -0.4 is 0 Å². The van der Waals surface area contributed by atoms with Crippen LogP contribution in [0.2, 0.25) is 0 Å². The van der Waals surface area contributed by atoms with E-state index in [1.807, 2.05) is 39.0 Å². The van der Waals surface area contributed by atoms with Gasteiger partial charge in [0.1, 0.15) is 0 Å². The van der Waals surface area contributed by atoms with Crippen molar-refractivity contribution in [3.63, 3.8) is 0 Å². The summed E-state index contributed by atoms with van der Waals surface area (Å²) in [7, 11) is -3.40. The molecular weight excluding hydrogens is 330 g/mol. The summed E-state index contributed by atoms with van der Waals surface area (Å²) in [4.78, 5) is 0.500. The SMILES string of the molecule is Cc1cc(C)c(S(=O)(=O)N2CCC(Cc3ccccc3)CC2)c(C)c1. The van der Waals surface area contributed by atoms with Crippen molar-refractivity contribution in [3.05, 3.63) is 64.7 Å². The van der Waals surface area contributed by atoms with Crippen LogP contribution in [0.4, 0.5) is 0 Å². The van der Waals surface area contributed by atoms with Gasteiger partial charge in [0.25, 0.3) is 0 Å². The lowest BCUT2D eigenvalue weighted by Gasteiger charge is -2.32. The molecule has 0 radical (unpaired) electrons. The number of hydrogen-bond donors (Lipinski definition) is 0. The maximum absolute atomic E-state index is 13.1. The molecule has 0 aromatic heterocycles. The number of hydrogen-bond acceptors (Lipinski definition) is 2. The molecule has 0 atom stereocenters. The Labute approximate surface area is 151 Å². The summed E-state index contributed by atoms with van der Waals surface area (Å²) in [6.45, 7) is 7.04. The van der Waals surface area contributed by atoms with E-state index >= 15 is 0 Å². The number of benzene rings is 2. The summed E-state index contributed by atoms with van der Waals surface area (Å²) in [5, 5.41) is 0. The van der Waals surface area contributed by atoms with Gasteiger partial charge in [0, 0.05) is 13.1 Å². The van der Waals surface area contributed by atoms with E-state index in [4.69, 9.17) is 0 Å². The summed E-state index contributed by atoms with van der Waals surface area (Å²) >= 11 is 0.